The third kappa shape index (κ3) is 2.76. The fourth-order valence-electron chi connectivity index (χ4n) is 1.99. The van der Waals surface area contributed by atoms with Crippen LogP contribution in [0.25, 0.3) is 5.69 Å². The van der Waals surface area contributed by atoms with Gasteiger partial charge >= 0.3 is 0 Å². The summed E-state index contributed by atoms with van der Waals surface area (Å²) in [5, 5.41) is 11.6. The normalized spacial score (nSPS) is 10.8. The van der Waals surface area contributed by atoms with Gasteiger partial charge in [0, 0.05) is 6.54 Å². The molecule has 2 aromatic rings. The summed E-state index contributed by atoms with van der Waals surface area (Å²) >= 11 is 0. The number of aryl methyl sites for hydroxylation is 1. The van der Waals surface area contributed by atoms with Gasteiger partial charge in [-0.1, -0.05) is 37.3 Å². The van der Waals surface area contributed by atoms with Gasteiger partial charge in [0.1, 0.15) is 0 Å². The van der Waals surface area contributed by atoms with E-state index in [0.29, 0.717) is 0 Å². The van der Waals surface area contributed by atoms with Crippen molar-refractivity contribution in [1.29, 1.82) is 0 Å². The van der Waals surface area contributed by atoms with Gasteiger partial charge in [-0.3, -0.25) is 0 Å². The molecule has 0 radical (unpaired) electrons. The molecule has 0 saturated carbocycles. The topological polar surface area (TPSA) is 42.7 Å². The SMILES string of the molecule is CCCNCc1cnnn1-c1ccccc1CC. The maximum atomic E-state index is 4.20. The van der Waals surface area contributed by atoms with Gasteiger partial charge < -0.3 is 5.32 Å². The Labute approximate surface area is 108 Å². The lowest BCUT2D eigenvalue weighted by Gasteiger charge is -2.10. The minimum Gasteiger partial charge on any atom is -0.311 e. The molecule has 18 heavy (non-hydrogen) atoms. The smallest absolute Gasteiger partial charge is 0.0783 e. The van der Waals surface area contributed by atoms with Crippen LogP contribution in [0.4, 0.5) is 0 Å². The number of rotatable bonds is 6. The van der Waals surface area contributed by atoms with Gasteiger partial charge in [-0.15, -0.1) is 5.10 Å². The van der Waals surface area contributed by atoms with Crippen molar-refractivity contribution in [3.05, 3.63) is 41.7 Å². The van der Waals surface area contributed by atoms with E-state index < -0.39 is 0 Å². The van der Waals surface area contributed by atoms with Crippen molar-refractivity contribution < 1.29 is 0 Å². The van der Waals surface area contributed by atoms with Gasteiger partial charge in [0.2, 0.25) is 0 Å². The van der Waals surface area contributed by atoms with Crippen molar-refractivity contribution in [2.24, 2.45) is 0 Å². The van der Waals surface area contributed by atoms with Gasteiger partial charge in [-0.05, 0) is 31.0 Å². The van der Waals surface area contributed by atoms with Crippen LogP contribution in [0.1, 0.15) is 31.5 Å². The monoisotopic (exact) mass is 244 g/mol. The van der Waals surface area contributed by atoms with Gasteiger partial charge in [0.05, 0.1) is 17.6 Å². The third-order valence-corrected chi connectivity index (χ3v) is 2.95. The van der Waals surface area contributed by atoms with E-state index in [2.05, 4.69) is 47.7 Å². The molecule has 0 saturated heterocycles. The molecule has 1 heterocycles. The fraction of sp³-hybridized carbons (Fsp3) is 0.429. The Balaban J connectivity index is 2.25. The summed E-state index contributed by atoms with van der Waals surface area (Å²) in [4.78, 5) is 0. The van der Waals surface area contributed by atoms with Gasteiger partial charge in [0.25, 0.3) is 0 Å². The van der Waals surface area contributed by atoms with Crippen LogP contribution in [0.2, 0.25) is 0 Å². The zero-order valence-electron chi connectivity index (χ0n) is 11.1. The first-order valence-corrected chi connectivity index (χ1v) is 6.55. The second-order valence-corrected chi connectivity index (χ2v) is 4.30. The van der Waals surface area contributed by atoms with Crippen LogP contribution in [-0.4, -0.2) is 21.5 Å². The molecule has 0 aliphatic carbocycles. The number of aromatic nitrogens is 3. The molecular weight excluding hydrogens is 224 g/mol. The number of nitrogens with one attached hydrogen (secondary N) is 1. The molecule has 1 N–H and O–H groups in total. The highest BCUT2D eigenvalue weighted by molar-refractivity contribution is 5.41. The minimum absolute atomic E-state index is 0.804. The minimum atomic E-state index is 0.804. The Bertz CT molecular complexity index is 490. The summed E-state index contributed by atoms with van der Waals surface area (Å²) in [6, 6.07) is 8.34. The largest absolute Gasteiger partial charge is 0.311 e. The molecule has 2 rings (SSSR count). The predicted octanol–water partition coefficient (Wildman–Crippen LogP) is 2.33. The molecule has 1 aromatic heterocycles. The quantitative estimate of drug-likeness (QED) is 0.793. The maximum Gasteiger partial charge on any atom is 0.0783 e. The number of hydrogen-bond donors (Lipinski definition) is 1. The van der Waals surface area contributed by atoms with Crippen molar-refractivity contribution in [2.45, 2.75) is 33.2 Å². The molecule has 0 aliphatic rings. The van der Waals surface area contributed by atoms with Gasteiger partial charge in [-0.2, -0.15) is 0 Å². The summed E-state index contributed by atoms with van der Waals surface area (Å²) in [5.74, 6) is 0. The van der Waals surface area contributed by atoms with Crippen molar-refractivity contribution in [3.8, 4) is 5.69 Å². The Hall–Kier alpha value is -1.68. The Morgan fingerprint density at radius 3 is 2.83 bits per heavy atom. The van der Waals surface area contributed by atoms with Crippen LogP contribution in [0.3, 0.4) is 0 Å². The highest BCUT2D eigenvalue weighted by atomic mass is 15.4. The van der Waals surface area contributed by atoms with Crippen molar-refractivity contribution >= 4 is 0 Å². The van der Waals surface area contributed by atoms with Crippen molar-refractivity contribution in [3.63, 3.8) is 0 Å². The second kappa shape index (κ2) is 6.31. The molecule has 96 valence electrons. The van der Waals surface area contributed by atoms with E-state index >= 15 is 0 Å². The van der Waals surface area contributed by atoms with Crippen LogP contribution >= 0.6 is 0 Å². The van der Waals surface area contributed by atoms with Gasteiger partial charge in [0.15, 0.2) is 0 Å². The summed E-state index contributed by atoms with van der Waals surface area (Å²) < 4.78 is 1.93. The van der Waals surface area contributed by atoms with Crippen LogP contribution in [0.5, 0.6) is 0 Å². The van der Waals surface area contributed by atoms with E-state index in [-0.39, 0.29) is 0 Å². The predicted molar refractivity (Wildman–Crippen MR) is 72.7 cm³/mol. The first kappa shape index (κ1) is 12.8. The lowest BCUT2D eigenvalue weighted by molar-refractivity contribution is 0.640. The number of para-hydroxylation sites is 1. The molecule has 4 heteroatoms. The molecular formula is C14H20N4. The zero-order chi connectivity index (χ0) is 12.8. The summed E-state index contributed by atoms with van der Waals surface area (Å²) in [6.07, 6.45) is 3.96. The standard InChI is InChI=1S/C14H20N4/c1-3-9-15-10-13-11-16-17-18(13)14-8-6-5-7-12(14)4-2/h5-8,11,15H,3-4,9-10H2,1-2H3. The van der Waals surface area contributed by atoms with Crippen LogP contribution in [0, 0.1) is 0 Å². The molecule has 0 fully saturated rings. The van der Waals surface area contributed by atoms with Crippen LogP contribution in [0.15, 0.2) is 30.5 Å². The lowest BCUT2D eigenvalue weighted by Crippen LogP contribution is -2.17. The first-order valence-electron chi connectivity index (χ1n) is 6.55. The Kier molecular flexibility index (Phi) is 4.47. The lowest BCUT2D eigenvalue weighted by atomic mass is 10.1. The van der Waals surface area contributed by atoms with E-state index in [9.17, 15) is 0 Å². The molecule has 0 amide bonds. The average Bonchev–Trinajstić information content (AvgIpc) is 2.87. The van der Waals surface area contributed by atoms with Crippen molar-refractivity contribution in [2.75, 3.05) is 6.54 Å². The van der Waals surface area contributed by atoms with Crippen LogP contribution < -0.4 is 5.32 Å². The van der Waals surface area contributed by atoms with Gasteiger partial charge in [-0.25, -0.2) is 4.68 Å². The second-order valence-electron chi connectivity index (χ2n) is 4.30. The highest BCUT2D eigenvalue weighted by Crippen LogP contribution is 2.15. The highest BCUT2D eigenvalue weighted by Gasteiger charge is 2.08. The summed E-state index contributed by atoms with van der Waals surface area (Å²) in [7, 11) is 0. The van der Waals surface area contributed by atoms with E-state index in [1.165, 1.54) is 5.56 Å². The molecule has 0 atom stereocenters. The summed E-state index contributed by atoms with van der Waals surface area (Å²) in [6.45, 7) is 6.14. The first-order chi connectivity index (χ1) is 8.86. The molecule has 4 nitrogen and oxygen atoms in total. The molecule has 0 bridgehead atoms. The van der Waals surface area contributed by atoms with E-state index in [1.807, 2.05) is 16.9 Å². The summed E-state index contributed by atoms with van der Waals surface area (Å²) in [5.41, 5.74) is 3.52. The molecule has 0 spiro atoms. The Morgan fingerprint density at radius 2 is 2.06 bits per heavy atom. The molecule has 0 aliphatic heterocycles. The van der Waals surface area contributed by atoms with E-state index in [4.69, 9.17) is 0 Å². The Morgan fingerprint density at radius 1 is 1.22 bits per heavy atom. The van der Waals surface area contributed by atoms with E-state index in [0.717, 1.165) is 37.3 Å². The van der Waals surface area contributed by atoms with Crippen molar-refractivity contribution in [1.82, 2.24) is 20.3 Å². The number of nitrogens with zero attached hydrogens (tertiary/aromatic N) is 3. The number of hydrogen-bond acceptors (Lipinski definition) is 3. The molecule has 0 unspecified atom stereocenters. The average molecular weight is 244 g/mol. The third-order valence-electron chi connectivity index (χ3n) is 2.95. The number of benzene rings is 1. The maximum absolute atomic E-state index is 4.20. The van der Waals surface area contributed by atoms with E-state index in [1.54, 1.807) is 0 Å². The fourth-order valence-corrected chi connectivity index (χ4v) is 1.99. The molecule has 1 aromatic carbocycles. The zero-order valence-corrected chi connectivity index (χ0v) is 11.1. The van der Waals surface area contributed by atoms with Crippen LogP contribution in [-0.2, 0) is 13.0 Å².